The molecule has 7 heteroatoms. The third kappa shape index (κ3) is 252. The Morgan fingerprint density at radius 2 is 1.14 bits per heavy atom. The van der Waals surface area contributed by atoms with Crippen LogP contribution in [0.3, 0.4) is 0 Å². The normalized spacial score (nSPS) is 8.43. The van der Waals surface area contributed by atoms with E-state index in [0.717, 1.165) is 0 Å². The maximum atomic E-state index is 8.55. The van der Waals surface area contributed by atoms with Crippen LogP contribution in [0.4, 0.5) is 0 Å². The first-order valence-electron chi connectivity index (χ1n) is 0.730. The second-order valence-electron chi connectivity index (χ2n) is 0.447. The number of hydrogen-bond acceptors (Lipinski definition) is 4. The zero-order chi connectivity index (χ0) is 4.50. The third-order valence-corrected chi connectivity index (χ3v) is 0. The zero-order valence-electron chi connectivity index (χ0n) is 3.08. The van der Waals surface area contributed by atoms with Crippen molar-refractivity contribution >= 4 is 7.82 Å². The van der Waals surface area contributed by atoms with Gasteiger partial charge in [-0.2, -0.15) is 7.82 Å². The largest absolute Gasteiger partial charge is 3.00 e. The Morgan fingerprint density at radius 3 is 1.14 bits per heavy atom. The molecule has 0 bridgehead atoms. The van der Waals surface area contributed by atoms with Crippen molar-refractivity contribution in [3.8, 4) is 0 Å². The van der Waals surface area contributed by atoms with Gasteiger partial charge in [-0.05, 0) is 0 Å². The maximum absolute atomic E-state index is 8.55. The molecule has 0 unspecified atom stereocenters. The molecule has 0 saturated carbocycles. The van der Waals surface area contributed by atoms with Crippen molar-refractivity contribution in [1.29, 1.82) is 0 Å². The molecule has 0 atom stereocenters. The first-order valence-corrected chi connectivity index (χ1v) is 2.19. The molecule has 0 saturated heterocycles. The monoisotopic (exact) mass is 161 g/mol. The molecule has 0 aromatic rings. The Balaban J connectivity index is -0.0000000800. The molecule has 41 valence electrons. The Kier molecular flexibility index (Phi) is 11.0. The van der Waals surface area contributed by atoms with E-state index in [1.165, 1.54) is 0 Å². The molecule has 0 rings (SSSR count). The van der Waals surface area contributed by atoms with Crippen molar-refractivity contribution in [2.45, 2.75) is 0 Å². The molecule has 5 nitrogen and oxygen atoms in total. The molecule has 0 aliphatic carbocycles. The van der Waals surface area contributed by atoms with E-state index < -0.39 is 7.82 Å². The summed E-state index contributed by atoms with van der Waals surface area (Å²) in [6, 6.07) is 0. The summed E-state index contributed by atoms with van der Waals surface area (Å²) in [4.78, 5) is 25.6. The summed E-state index contributed by atoms with van der Waals surface area (Å²) >= 11 is 0. The molecule has 0 aromatic heterocycles. The van der Waals surface area contributed by atoms with Crippen molar-refractivity contribution in [1.82, 2.24) is 0 Å². The van der Waals surface area contributed by atoms with Crippen LogP contribution in [0.2, 0.25) is 0 Å². The van der Waals surface area contributed by atoms with Gasteiger partial charge < -0.3 is 24.7 Å². The van der Waals surface area contributed by atoms with Crippen LogP contribution >= 0.6 is 7.82 Å². The molecule has 0 aliphatic rings. The molecule has 0 aromatic carbocycles. The van der Waals surface area contributed by atoms with E-state index in [1.807, 2.05) is 0 Å². The van der Waals surface area contributed by atoms with Crippen LogP contribution in [0, 0.1) is 0 Å². The molecule has 0 aliphatic heterocycles. The fraction of sp³-hybridized carbons (Fsp3) is 0. The van der Waals surface area contributed by atoms with Crippen LogP contribution in [-0.2, 0) is 26.3 Å². The molecule has 0 fully saturated rings. The second kappa shape index (κ2) is 4.93. The van der Waals surface area contributed by atoms with Crippen molar-refractivity contribution in [3.63, 3.8) is 0 Å². The van der Waals surface area contributed by atoms with Crippen LogP contribution in [0.1, 0.15) is 0 Å². The summed E-state index contributed by atoms with van der Waals surface area (Å²) in [7, 11) is -5.39. The van der Waals surface area contributed by atoms with Gasteiger partial charge in [0.2, 0.25) is 0 Å². The van der Waals surface area contributed by atoms with Gasteiger partial charge in [0.1, 0.15) is 0 Å². The second-order valence-corrected chi connectivity index (χ2v) is 1.34. The fourth-order valence-electron chi connectivity index (χ4n) is 0. The quantitative estimate of drug-likeness (QED) is 0.268. The predicted molar refractivity (Wildman–Crippen MR) is 11.2 cm³/mol. The Bertz CT molecular complexity index is 54.2. The van der Waals surface area contributed by atoms with Crippen molar-refractivity contribution in [2.75, 3.05) is 0 Å². The van der Waals surface area contributed by atoms with E-state index >= 15 is 0 Å². The SMILES string of the molecule is O.O=P([O-])([O-])[O-].[Ti+3]. The van der Waals surface area contributed by atoms with Gasteiger partial charge >= 0.3 is 21.7 Å². The smallest absolute Gasteiger partial charge is 0.822 e. The average Bonchev–Trinajstić information content (AvgIpc) is 0.722. The third-order valence-electron chi connectivity index (χ3n) is 0. The summed E-state index contributed by atoms with van der Waals surface area (Å²) < 4.78 is 8.55. The van der Waals surface area contributed by atoms with E-state index in [1.54, 1.807) is 0 Å². The first-order chi connectivity index (χ1) is 2.00. The Labute approximate surface area is 54.8 Å². The topological polar surface area (TPSA) is 118 Å². The number of phosphoric acid groups is 1. The predicted octanol–water partition coefficient (Wildman–Crippen LogP) is -3.65. The van der Waals surface area contributed by atoms with Gasteiger partial charge in [0.25, 0.3) is 0 Å². The van der Waals surface area contributed by atoms with Gasteiger partial charge in [0.15, 0.2) is 0 Å². The van der Waals surface area contributed by atoms with Gasteiger partial charge in [-0.1, -0.05) is 0 Å². The summed E-state index contributed by atoms with van der Waals surface area (Å²) in [5.41, 5.74) is 0. The molecule has 0 heterocycles. The minimum Gasteiger partial charge on any atom is -0.822 e. The summed E-state index contributed by atoms with van der Waals surface area (Å²) in [6.07, 6.45) is 0. The van der Waals surface area contributed by atoms with Crippen molar-refractivity contribution in [2.24, 2.45) is 0 Å². The van der Waals surface area contributed by atoms with Crippen molar-refractivity contribution < 1.29 is 46.4 Å². The summed E-state index contributed by atoms with van der Waals surface area (Å²) in [5.74, 6) is 0. The minimum atomic E-state index is -5.39. The van der Waals surface area contributed by atoms with Crippen LogP contribution in [0.5, 0.6) is 0 Å². The summed E-state index contributed by atoms with van der Waals surface area (Å²) in [6.45, 7) is 0. The van der Waals surface area contributed by atoms with Gasteiger partial charge in [-0.3, -0.25) is 0 Å². The van der Waals surface area contributed by atoms with Crippen LogP contribution in [0.15, 0.2) is 0 Å². The van der Waals surface area contributed by atoms with Gasteiger partial charge in [0.05, 0.1) is 0 Å². The van der Waals surface area contributed by atoms with E-state index in [0.29, 0.717) is 0 Å². The van der Waals surface area contributed by atoms with E-state index in [-0.39, 0.29) is 27.2 Å². The Morgan fingerprint density at radius 1 is 1.14 bits per heavy atom. The van der Waals surface area contributed by atoms with E-state index in [4.69, 9.17) is 19.2 Å². The zero-order valence-corrected chi connectivity index (χ0v) is 5.54. The first kappa shape index (κ1) is 15.7. The molecule has 7 heavy (non-hydrogen) atoms. The fourth-order valence-corrected chi connectivity index (χ4v) is 0. The number of rotatable bonds is 0. The van der Waals surface area contributed by atoms with Gasteiger partial charge in [-0.15, -0.1) is 0 Å². The average molecular weight is 161 g/mol. The van der Waals surface area contributed by atoms with Crippen LogP contribution in [0.25, 0.3) is 0 Å². The maximum Gasteiger partial charge on any atom is 3.00 e. The van der Waals surface area contributed by atoms with Crippen molar-refractivity contribution in [3.05, 3.63) is 0 Å². The molecular weight excluding hydrogens is 159 g/mol. The van der Waals surface area contributed by atoms with Crippen LogP contribution < -0.4 is 14.7 Å². The molecule has 2 N–H and O–H groups in total. The van der Waals surface area contributed by atoms with Gasteiger partial charge in [0, 0.05) is 0 Å². The molecule has 0 amide bonds. The van der Waals surface area contributed by atoms with Gasteiger partial charge in [-0.25, -0.2) is 0 Å². The molecule has 1 radical (unpaired) electrons. The molecular formula is H2O5PTi. The minimum absolute atomic E-state index is 0. The molecule has 0 spiro atoms. The van der Waals surface area contributed by atoms with E-state index in [2.05, 4.69) is 0 Å². The number of hydrogen-bond donors (Lipinski definition) is 0. The standard InChI is InChI=1S/H3O4P.H2O.Ti/c1-5(2,3)4;;/h(H3,1,2,3,4);1H2;/q;;+3/p-3. The summed E-state index contributed by atoms with van der Waals surface area (Å²) in [5, 5.41) is 0. The van der Waals surface area contributed by atoms with Crippen LogP contribution in [-0.4, -0.2) is 5.48 Å². The van der Waals surface area contributed by atoms with E-state index in [9.17, 15) is 0 Å². The Hall–Kier alpha value is 0.784.